The highest BCUT2D eigenvalue weighted by atomic mass is 19.4. The van der Waals surface area contributed by atoms with Crippen LogP contribution in [0.4, 0.5) is 24.5 Å². The molecule has 0 aromatic heterocycles. The van der Waals surface area contributed by atoms with Crippen molar-refractivity contribution in [2.24, 2.45) is 0 Å². The molecule has 0 radical (unpaired) electrons. The van der Waals surface area contributed by atoms with E-state index in [2.05, 4.69) is 0 Å². The van der Waals surface area contributed by atoms with Crippen LogP contribution in [0, 0.1) is 0 Å². The van der Waals surface area contributed by atoms with Crippen molar-refractivity contribution in [2.75, 3.05) is 17.2 Å². The van der Waals surface area contributed by atoms with Gasteiger partial charge in [-0.3, -0.25) is 0 Å². The van der Waals surface area contributed by atoms with Gasteiger partial charge in [0.15, 0.2) is 0 Å². The molecule has 1 aliphatic rings. The molecule has 2 N–H and O–H groups in total. The quantitative estimate of drug-likeness (QED) is 0.820. The summed E-state index contributed by atoms with van der Waals surface area (Å²) in [6, 6.07) is 4.26. The molecular formula is C13H17F3N2. The standard InChI is InChI=1S/C13H17F3N2/c1-2-10-4-3-7-18(10)12-6-5-9(17)8-11(12)13(14,15)16/h5-6,8,10H,2-4,7,17H2,1H3. The van der Waals surface area contributed by atoms with E-state index in [1.54, 1.807) is 0 Å². The van der Waals surface area contributed by atoms with E-state index in [1.807, 2.05) is 11.8 Å². The minimum absolute atomic E-state index is 0.151. The average molecular weight is 258 g/mol. The van der Waals surface area contributed by atoms with Crippen molar-refractivity contribution < 1.29 is 13.2 Å². The molecule has 0 amide bonds. The van der Waals surface area contributed by atoms with Crippen molar-refractivity contribution in [1.29, 1.82) is 0 Å². The molecule has 0 aliphatic carbocycles. The van der Waals surface area contributed by atoms with Gasteiger partial charge in [0.1, 0.15) is 0 Å². The van der Waals surface area contributed by atoms with Crippen molar-refractivity contribution in [1.82, 2.24) is 0 Å². The lowest BCUT2D eigenvalue weighted by molar-refractivity contribution is -0.137. The third kappa shape index (κ3) is 2.40. The van der Waals surface area contributed by atoms with E-state index in [9.17, 15) is 13.2 Å². The van der Waals surface area contributed by atoms with Gasteiger partial charge in [-0.15, -0.1) is 0 Å². The first-order valence-electron chi connectivity index (χ1n) is 6.17. The molecule has 0 bridgehead atoms. The summed E-state index contributed by atoms with van der Waals surface area (Å²) in [5, 5.41) is 0. The van der Waals surface area contributed by atoms with Crippen molar-refractivity contribution >= 4 is 11.4 Å². The maximum atomic E-state index is 13.0. The van der Waals surface area contributed by atoms with Crippen LogP contribution in [0.15, 0.2) is 18.2 Å². The van der Waals surface area contributed by atoms with Gasteiger partial charge in [-0.1, -0.05) is 6.92 Å². The third-order valence-electron chi connectivity index (χ3n) is 3.48. The molecule has 1 heterocycles. The van der Waals surface area contributed by atoms with Gasteiger partial charge < -0.3 is 10.6 Å². The zero-order chi connectivity index (χ0) is 13.3. The Bertz CT molecular complexity index is 429. The highest BCUT2D eigenvalue weighted by Crippen LogP contribution is 2.40. The predicted octanol–water partition coefficient (Wildman–Crippen LogP) is 3.67. The molecular weight excluding hydrogens is 241 g/mol. The lowest BCUT2D eigenvalue weighted by atomic mass is 10.1. The summed E-state index contributed by atoms with van der Waals surface area (Å²) < 4.78 is 39.1. The highest BCUT2D eigenvalue weighted by Gasteiger charge is 2.37. The van der Waals surface area contributed by atoms with Crippen molar-refractivity contribution in [3.63, 3.8) is 0 Å². The van der Waals surface area contributed by atoms with Crippen LogP contribution in [-0.2, 0) is 6.18 Å². The molecule has 18 heavy (non-hydrogen) atoms. The molecule has 100 valence electrons. The number of anilines is 2. The third-order valence-corrected chi connectivity index (χ3v) is 3.48. The molecule has 5 heteroatoms. The Labute approximate surface area is 105 Å². The van der Waals surface area contributed by atoms with Gasteiger partial charge in [-0.2, -0.15) is 13.2 Å². The smallest absolute Gasteiger partial charge is 0.399 e. The van der Waals surface area contributed by atoms with Crippen LogP contribution in [0.25, 0.3) is 0 Å². The topological polar surface area (TPSA) is 29.3 Å². The first kappa shape index (κ1) is 13.1. The second-order valence-corrected chi connectivity index (χ2v) is 4.67. The van der Waals surface area contributed by atoms with Gasteiger partial charge >= 0.3 is 6.18 Å². The second-order valence-electron chi connectivity index (χ2n) is 4.67. The molecule has 2 rings (SSSR count). The summed E-state index contributed by atoms with van der Waals surface area (Å²) in [4.78, 5) is 1.86. The van der Waals surface area contributed by atoms with E-state index in [4.69, 9.17) is 5.73 Å². The van der Waals surface area contributed by atoms with Crippen LogP contribution < -0.4 is 10.6 Å². The first-order chi connectivity index (χ1) is 8.43. The van der Waals surface area contributed by atoms with Crippen molar-refractivity contribution in [2.45, 2.75) is 38.4 Å². The molecule has 1 fully saturated rings. The lowest BCUT2D eigenvalue weighted by Crippen LogP contribution is -2.30. The number of nitrogens with zero attached hydrogens (tertiary/aromatic N) is 1. The van der Waals surface area contributed by atoms with Gasteiger partial charge in [0.25, 0.3) is 0 Å². The van der Waals surface area contributed by atoms with Crippen molar-refractivity contribution in [3.8, 4) is 0 Å². The Morgan fingerprint density at radius 1 is 1.39 bits per heavy atom. The molecule has 1 aliphatic heterocycles. The second kappa shape index (κ2) is 4.71. The van der Waals surface area contributed by atoms with Gasteiger partial charge in [0.05, 0.1) is 5.56 Å². The van der Waals surface area contributed by atoms with Gasteiger partial charge in [0.2, 0.25) is 0 Å². The highest BCUT2D eigenvalue weighted by molar-refractivity contribution is 5.61. The van der Waals surface area contributed by atoms with Crippen LogP contribution in [-0.4, -0.2) is 12.6 Å². The number of benzene rings is 1. The molecule has 0 spiro atoms. The monoisotopic (exact) mass is 258 g/mol. The minimum atomic E-state index is -4.36. The zero-order valence-electron chi connectivity index (χ0n) is 10.3. The van der Waals surface area contributed by atoms with Gasteiger partial charge in [0, 0.05) is 24.0 Å². The molecule has 1 aromatic rings. The van der Waals surface area contributed by atoms with Crippen LogP contribution >= 0.6 is 0 Å². The number of nitrogens with two attached hydrogens (primary N) is 1. The number of rotatable bonds is 2. The fraction of sp³-hybridized carbons (Fsp3) is 0.538. The summed E-state index contributed by atoms with van der Waals surface area (Å²) in [5.41, 5.74) is 5.27. The largest absolute Gasteiger partial charge is 0.418 e. The summed E-state index contributed by atoms with van der Waals surface area (Å²) in [6.07, 6.45) is -1.59. The van der Waals surface area contributed by atoms with E-state index in [0.29, 0.717) is 6.54 Å². The number of alkyl halides is 3. The van der Waals surface area contributed by atoms with Crippen LogP contribution in [0.5, 0.6) is 0 Å². The summed E-state index contributed by atoms with van der Waals surface area (Å²) in [5.74, 6) is 0. The van der Waals surface area contributed by atoms with Crippen molar-refractivity contribution in [3.05, 3.63) is 23.8 Å². The van der Waals surface area contributed by atoms with E-state index in [-0.39, 0.29) is 17.4 Å². The average Bonchev–Trinajstić information content (AvgIpc) is 2.75. The van der Waals surface area contributed by atoms with E-state index >= 15 is 0 Å². The number of hydrogen-bond donors (Lipinski definition) is 1. The molecule has 1 atom stereocenters. The fourth-order valence-electron chi connectivity index (χ4n) is 2.61. The normalized spacial score (nSPS) is 20.4. The van der Waals surface area contributed by atoms with Gasteiger partial charge in [-0.05, 0) is 37.5 Å². The van der Waals surface area contributed by atoms with E-state index < -0.39 is 11.7 Å². The maximum Gasteiger partial charge on any atom is 0.418 e. The van der Waals surface area contributed by atoms with Crippen LogP contribution in [0.2, 0.25) is 0 Å². The SMILES string of the molecule is CCC1CCCN1c1ccc(N)cc1C(F)(F)F. The lowest BCUT2D eigenvalue weighted by Gasteiger charge is -2.29. The maximum absolute atomic E-state index is 13.0. The zero-order valence-corrected chi connectivity index (χ0v) is 10.3. The summed E-state index contributed by atoms with van der Waals surface area (Å²) >= 11 is 0. The van der Waals surface area contributed by atoms with E-state index in [1.165, 1.54) is 12.1 Å². The Morgan fingerprint density at radius 3 is 2.72 bits per heavy atom. The Hall–Kier alpha value is -1.39. The predicted molar refractivity (Wildman–Crippen MR) is 66.5 cm³/mol. The van der Waals surface area contributed by atoms with Crippen LogP contribution in [0.3, 0.4) is 0 Å². The molecule has 0 saturated carbocycles. The Balaban J connectivity index is 2.44. The molecule has 1 saturated heterocycles. The first-order valence-corrected chi connectivity index (χ1v) is 6.17. The Morgan fingerprint density at radius 2 is 2.11 bits per heavy atom. The number of nitrogen functional groups attached to an aromatic ring is 1. The molecule has 1 unspecified atom stereocenters. The summed E-state index contributed by atoms with van der Waals surface area (Å²) in [7, 11) is 0. The fourth-order valence-corrected chi connectivity index (χ4v) is 2.61. The van der Waals surface area contributed by atoms with Gasteiger partial charge in [-0.25, -0.2) is 0 Å². The van der Waals surface area contributed by atoms with E-state index in [0.717, 1.165) is 25.3 Å². The number of halogens is 3. The Kier molecular flexibility index (Phi) is 3.41. The van der Waals surface area contributed by atoms with Crippen LogP contribution in [0.1, 0.15) is 31.7 Å². The molecule has 2 nitrogen and oxygen atoms in total. The number of hydrogen-bond acceptors (Lipinski definition) is 2. The minimum Gasteiger partial charge on any atom is -0.399 e. The summed E-state index contributed by atoms with van der Waals surface area (Å²) in [6.45, 7) is 2.69. The molecule has 1 aromatic carbocycles.